The fourth-order valence-corrected chi connectivity index (χ4v) is 1.82. The summed E-state index contributed by atoms with van der Waals surface area (Å²) in [7, 11) is 0. The molecule has 2 rings (SSSR count). The van der Waals surface area contributed by atoms with Gasteiger partial charge in [0.25, 0.3) is 5.91 Å². The van der Waals surface area contributed by atoms with Gasteiger partial charge >= 0.3 is 0 Å². The van der Waals surface area contributed by atoms with Crippen LogP contribution in [0, 0.1) is 0 Å². The molecule has 2 heterocycles. The van der Waals surface area contributed by atoms with Crippen molar-refractivity contribution in [1.82, 2.24) is 9.88 Å². The second-order valence-corrected chi connectivity index (χ2v) is 3.96. The summed E-state index contributed by atoms with van der Waals surface area (Å²) in [6.07, 6.45) is 3.21. The SMILES string of the molecule is O=C(c1cnccc1Cl)N1CCC(O)C1. The van der Waals surface area contributed by atoms with Crippen LogP contribution in [0.4, 0.5) is 0 Å². The zero-order valence-electron chi connectivity index (χ0n) is 8.06. The Kier molecular flexibility index (Phi) is 2.88. The highest BCUT2D eigenvalue weighted by Crippen LogP contribution is 2.18. The highest BCUT2D eigenvalue weighted by atomic mass is 35.5. The van der Waals surface area contributed by atoms with Gasteiger partial charge in [0.1, 0.15) is 0 Å². The molecule has 0 aliphatic carbocycles. The molecule has 1 aromatic rings. The van der Waals surface area contributed by atoms with E-state index in [4.69, 9.17) is 11.6 Å². The van der Waals surface area contributed by atoms with Gasteiger partial charge in [-0.2, -0.15) is 0 Å². The number of likely N-dealkylation sites (tertiary alicyclic amines) is 1. The quantitative estimate of drug-likeness (QED) is 0.776. The van der Waals surface area contributed by atoms with E-state index in [0.717, 1.165) is 0 Å². The van der Waals surface area contributed by atoms with E-state index in [9.17, 15) is 9.90 Å². The highest BCUT2D eigenvalue weighted by molar-refractivity contribution is 6.33. The van der Waals surface area contributed by atoms with E-state index in [-0.39, 0.29) is 5.91 Å². The molecule has 0 aromatic carbocycles. The summed E-state index contributed by atoms with van der Waals surface area (Å²) in [4.78, 5) is 17.4. The third kappa shape index (κ3) is 2.11. The van der Waals surface area contributed by atoms with Gasteiger partial charge < -0.3 is 10.0 Å². The van der Waals surface area contributed by atoms with Gasteiger partial charge in [0.2, 0.25) is 0 Å². The normalized spacial score (nSPS) is 20.7. The monoisotopic (exact) mass is 226 g/mol. The molecule has 1 unspecified atom stereocenters. The largest absolute Gasteiger partial charge is 0.391 e. The van der Waals surface area contributed by atoms with Gasteiger partial charge in [-0.3, -0.25) is 9.78 Å². The number of hydrogen-bond acceptors (Lipinski definition) is 3. The van der Waals surface area contributed by atoms with Crippen molar-refractivity contribution in [1.29, 1.82) is 0 Å². The second kappa shape index (κ2) is 4.16. The zero-order valence-corrected chi connectivity index (χ0v) is 8.81. The fraction of sp³-hybridized carbons (Fsp3) is 0.400. The number of halogens is 1. The van der Waals surface area contributed by atoms with Crippen LogP contribution >= 0.6 is 11.6 Å². The summed E-state index contributed by atoms with van der Waals surface area (Å²) >= 11 is 5.88. The molecule has 0 saturated carbocycles. The molecule has 0 spiro atoms. The van der Waals surface area contributed by atoms with Crippen LogP contribution in [0.25, 0.3) is 0 Å². The van der Waals surface area contributed by atoms with E-state index in [1.54, 1.807) is 11.0 Å². The Balaban J connectivity index is 2.18. The Morgan fingerprint density at radius 3 is 3.07 bits per heavy atom. The molecule has 0 radical (unpaired) electrons. The molecule has 5 heteroatoms. The summed E-state index contributed by atoms with van der Waals surface area (Å²) in [5.41, 5.74) is 0.397. The number of aliphatic hydroxyl groups excluding tert-OH is 1. The van der Waals surface area contributed by atoms with Crippen molar-refractivity contribution in [2.45, 2.75) is 12.5 Å². The van der Waals surface area contributed by atoms with Gasteiger partial charge in [-0.15, -0.1) is 0 Å². The molecule has 80 valence electrons. The first-order valence-corrected chi connectivity index (χ1v) is 5.13. The Morgan fingerprint density at radius 1 is 1.67 bits per heavy atom. The van der Waals surface area contributed by atoms with Gasteiger partial charge in [0.15, 0.2) is 0 Å². The first-order chi connectivity index (χ1) is 7.18. The maximum atomic E-state index is 11.9. The Labute approximate surface area is 92.5 Å². The van der Waals surface area contributed by atoms with Crippen LogP contribution in [0.2, 0.25) is 5.02 Å². The van der Waals surface area contributed by atoms with E-state index in [1.165, 1.54) is 12.4 Å². The Bertz CT molecular complexity index is 383. The number of carbonyl (C=O) groups excluding carboxylic acids is 1. The maximum absolute atomic E-state index is 11.9. The molecule has 1 aliphatic heterocycles. The average molecular weight is 227 g/mol. The Morgan fingerprint density at radius 2 is 2.47 bits per heavy atom. The van der Waals surface area contributed by atoms with Crippen LogP contribution in [0.5, 0.6) is 0 Å². The van der Waals surface area contributed by atoms with E-state index in [0.29, 0.717) is 30.1 Å². The van der Waals surface area contributed by atoms with Crippen LogP contribution in [0.15, 0.2) is 18.5 Å². The Hall–Kier alpha value is -1.13. The maximum Gasteiger partial charge on any atom is 0.257 e. The third-order valence-corrected chi connectivity index (χ3v) is 2.78. The van der Waals surface area contributed by atoms with Crippen molar-refractivity contribution < 1.29 is 9.90 Å². The van der Waals surface area contributed by atoms with Crippen LogP contribution in [0.3, 0.4) is 0 Å². The molecule has 4 nitrogen and oxygen atoms in total. The van der Waals surface area contributed by atoms with Crippen molar-refractivity contribution in [3.05, 3.63) is 29.0 Å². The van der Waals surface area contributed by atoms with Crippen molar-refractivity contribution >= 4 is 17.5 Å². The van der Waals surface area contributed by atoms with Crippen molar-refractivity contribution in [3.63, 3.8) is 0 Å². The lowest BCUT2D eigenvalue weighted by molar-refractivity contribution is 0.0764. The third-order valence-electron chi connectivity index (χ3n) is 2.45. The lowest BCUT2D eigenvalue weighted by Crippen LogP contribution is -2.29. The minimum Gasteiger partial charge on any atom is -0.391 e. The number of β-amino-alcohol motifs (C(OH)–C–C–N with tert-alkyl or cyclic N) is 1. The van der Waals surface area contributed by atoms with Gasteiger partial charge in [0, 0.05) is 25.5 Å². The number of rotatable bonds is 1. The first-order valence-electron chi connectivity index (χ1n) is 4.75. The summed E-state index contributed by atoms with van der Waals surface area (Å²) < 4.78 is 0. The predicted molar refractivity (Wildman–Crippen MR) is 55.8 cm³/mol. The molecule has 1 saturated heterocycles. The van der Waals surface area contributed by atoms with Gasteiger partial charge in [-0.05, 0) is 12.5 Å². The standard InChI is InChI=1S/C10H11ClN2O2/c11-9-1-3-12-5-8(9)10(15)13-4-2-7(14)6-13/h1,3,5,7,14H,2,4,6H2. The molecule has 1 N–H and O–H groups in total. The summed E-state index contributed by atoms with van der Waals surface area (Å²) in [6, 6.07) is 1.58. The zero-order chi connectivity index (χ0) is 10.8. The van der Waals surface area contributed by atoms with E-state index in [2.05, 4.69) is 4.98 Å². The van der Waals surface area contributed by atoms with Gasteiger partial charge in [-0.25, -0.2) is 0 Å². The van der Waals surface area contributed by atoms with Crippen molar-refractivity contribution in [2.75, 3.05) is 13.1 Å². The number of pyridine rings is 1. The van der Waals surface area contributed by atoms with Crippen molar-refractivity contribution in [2.24, 2.45) is 0 Å². The molecule has 0 bridgehead atoms. The molecule has 1 amide bonds. The molecule has 15 heavy (non-hydrogen) atoms. The van der Waals surface area contributed by atoms with Crippen LogP contribution in [-0.2, 0) is 0 Å². The average Bonchev–Trinajstić information content (AvgIpc) is 2.65. The van der Waals surface area contributed by atoms with E-state index in [1.807, 2.05) is 0 Å². The lowest BCUT2D eigenvalue weighted by Gasteiger charge is -2.15. The summed E-state index contributed by atoms with van der Waals surface area (Å²) in [5, 5.41) is 9.72. The molecule has 1 aliphatic rings. The van der Waals surface area contributed by atoms with Crippen LogP contribution < -0.4 is 0 Å². The summed E-state index contributed by atoms with van der Waals surface area (Å²) in [6.45, 7) is 0.954. The molecular formula is C10H11ClN2O2. The lowest BCUT2D eigenvalue weighted by atomic mass is 10.2. The molecule has 1 atom stereocenters. The van der Waals surface area contributed by atoms with Crippen LogP contribution in [0.1, 0.15) is 16.8 Å². The number of nitrogens with zero attached hydrogens (tertiary/aromatic N) is 2. The number of aromatic nitrogens is 1. The number of hydrogen-bond donors (Lipinski definition) is 1. The van der Waals surface area contributed by atoms with E-state index < -0.39 is 6.10 Å². The summed E-state index contributed by atoms with van der Waals surface area (Å²) in [5.74, 6) is -0.162. The highest BCUT2D eigenvalue weighted by Gasteiger charge is 2.26. The van der Waals surface area contributed by atoms with E-state index >= 15 is 0 Å². The second-order valence-electron chi connectivity index (χ2n) is 3.55. The van der Waals surface area contributed by atoms with Crippen LogP contribution in [-0.4, -0.2) is 40.1 Å². The molecule has 1 aromatic heterocycles. The minimum absolute atomic E-state index is 0.162. The first kappa shape index (κ1) is 10.4. The number of carbonyl (C=O) groups is 1. The van der Waals surface area contributed by atoms with Gasteiger partial charge in [-0.1, -0.05) is 11.6 Å². The van der Waals surface area contributed by atoms with Crippen molar-refractivity contribution in [3.8, 4) is 0 Å². The number of amides is 1. The van der Waals surface area contributed by atoms with Gasteiger partial charge in [0.05, 0.1) is 16.7 Å². The topological polar surface area (TPSA) is 53.4 Å². The predicted octanol–water partition coefficient (Wildman–Crippen LogP) is 0.942. The minimum atomic E-state index is -0.413. The number of aliphatic hydroxyl groups is 1. The molecular weight excluding hydrogens is 216 g/mol. The fourth-order valence-electron chi connectivity index (χ4n) is 1.63. The smallest absolute Gasteiger partial charge is 0.257 e. The molecule has 1 fully saturated rings.